The zero-order valence-corrected chi connectivity index (χ0v) is 12.0. The molecule has 0 aliphatic heterocycles. The van der Waals surface area contributed by atoms with Crippen LogP contribution in [0.25, 0.3) is 0 Å². The number of hydrogen-bond acceptors (Lipinski definition) is 4. The van der Waals surface area contributed by atoms with E-state index in [4.69, 9.17) is 26.2 Å². The highest BCUT2D eigenvalue weighted by atomic mass is 35.5. The molecule has 1 aromatic rings. The van der Waals surface area contributed by atoms with Crippen LogP contribution >= 0.6 is 19.2 Å². The Morgan fingerprint density at radius 3 is 2.45 bits per heavy atom. The van der Waals surface area contributed by atoms with Crippen molar-refractivity contribution in [2.75, 3.05) is 12.7 Å². The van der Waals surface area contributed by atoms with E-state index in [-0.39, 0.29) is 24.9 Å². The number of nitrogens with zero attached hydrogens (tertiary/aromatic N) is 1. The van der Waals surface area contributed by atoms with E-state index in [1.54, 1.807) is 0 Å². The molecule has 1 aromatic carbocycles. The van der Waals surface area contributed by atoms with Crippen LogP contribution in [0.4, 0.5) is 0 Å². The molecule has 2 N–H and O–H groups in total. The predicted molar refractivity (Wildman–Crippen MR) is 71.2 cm³/mol. The summed E-state index contributed by atoms with van der Waals surface area (Å²) in [6.07, 6.45) is -0.111. The van der Waals surface area contributed by atoms with E-state index in [1.165, 1.54) is 24.3 Å². The van der Waals surface area contributed by atoms with E-state index in [0.717, 1.165) is 0 Å². The fourth-order valence-electron chi connectivity index (χ4n) is 1.30. The van der Waals surface area contributed by atoms with Gasteiger partial charge in [-0.3, -0.25) is 9.36 Å². The highest BCUT2D eigenvalue weighted by Crippen LogP contribution is 2.34. The Morgan fingerprint density at radius 2 is 1.95 bits per heavy atom. The van der Waals surface area contributed by atoms with Crippen molar-refractivity contribution in [3.05, 3.63) is 34.9 Å². The third-order valence-electron chi connectivity index (χ3n) is 2.23. The number of amides is 1. The molecule has 0 bridgehead atoms. The summed E-state index contributed by atoms with van der Waals surface area (Å²) in [5, 5.41) is 1.14. The molecule has 0 atom stereocenters. The van der Waals surface area contributed by atoms with Gasteiger partial charge >= 0.3 is 13.6 Å². The predicted octanol–water partition coefficient (Wildman–Crippen LogP) is 1.44. The molecular formula is C11H13ClNO6P. The van der Waals surface area contributed by atoms with Crippen LogP contribution in [0.15, 0.2) is 24.3 Å². The molecule has 0 spiro atoms. The zero-order valence-electron chi connectivity index (χ0n) is 10.3. The largest absolute Gasteiger partial charge is 0.363 e. The second-order valence-corrected chi connectivity index (χ2v) is 6.09. The van der Waals surface area contributed by atoms with Gasteiger partial charge in [-0.2, -0.15) is 5.06 Å². The highest BCUT2D eigenvalue weighted by Gasteiger charge is 2.16. The van der Waals surface area contributed by atoms with Crippen LogP contribution in [-0.2, 0) is 14.2 Å². The second-order valence-electron chi connectivity index (χ2n) is 3.87. The summed E-state index contributed by atoms with van der Waals surface area (Å²) in [5.74, 6) is -0.759. The molecule has 0 saturated heterocycles. The Morgan fingerprint density at radius 1 is 1.35 bits per heavy atom. The fraction of sp³-hybridized carbons (Fsp3) is 0.273. The zero-order chi connectivity index (χ0) is 15.2. The van der Waals surface area contributed by atoms with Crippen LogP contribution < -0.4 is 0 Å². The van der Waals surface area contributed by atoms with Crippen molar-refractivity contribution in [3.63, 3.8) is 0 Å². The third-order valence-corrected chi connectivity index (χ3v) is 3.38. The van der Waals surface area contributed by atoms with E-state index < -0.39 is 19.7 Å². The molecule has 0 aliphatic rings. The first-order chi connectivity index (χ1) is 9.31. The molecule has 0 unspecified atom stereocenters. The van der Waals surface area contributed by atoms with Gasteiger partial charge < -0.3 is 14.6 Å². The Hall–Kier alpha value is -1.40. The lowest BCUT2D eigenvalue weighted by atomic mass is 10.2. The minimum atomic E-state index is -4.13. The standard InChI is InChI=1S/C11H13ClNO6P/c12-10-4-2-9(3-5-10)11(15)19-13(8-14)6-1-7-20(16,17)18/h2-5,8H,1,6-7H2,(H2,16,17,18). The number of halogens is 1. The molecule has 0 aromatic heterocycles. The third kappa shape index (κ3) is 6.16. The Labute approximate surface area is 120 Å². The van der Waals surface area contributed by atoms with E-state index in [2.05, 4.69) is 0 Å². The fourth-order valence-corrected chi connectivity index (χ4v) is 1.98. The summed E-state index contributed by atoms with van der Waals surface area (Å²) in [7, 11) is -4.13. The molecule has 110 valence electrons. The normalized spacial score (nSPS) is 10.9. The minimum Gasteiger partial charge on any atom is -0.333 e. The maximum atomic E-state index is 11.7. The van der Waals surface area contributed by atoms with E-state index >= 15 is 0 Å². The van der Waals surface area contributed by atoms with Crippen molar-refractivity contribution in [1.29, 1.82) is 0 Å². The van der Waals surface area contributed by atoms with Gasteiger partial charge in [0.05, 0.1) is 18.3 Å². The lowest BCUT2D eigenvalue weighted by Crippen LogP contribution is -2.27. The first kappa shape index (κ1) is 16.7. The summed E-state index contributed by atoms with van der Waals surface area (Å²) in [6, 6.07) is 5.86. The molecule has 0 saturated carbocycles. The van der Waals surface area contributed by atoms with Gasteiger partial charge in [0.25, 0.3) is 0 Å². The molecule has 1 rings (SSSR count). The molecule has 9 heteroatoms. The summed E-state index contributed by atoms with van der Waals surface area (Å²) in [6.45, 7) is -0.103. The van der Waals surface area contributed by atoms with Gasteiger partial charge in [0.2, 0.25) is 6.41 Å². The van der Waals surface area contributed by atoms with Gasteiger partial charge in [-0.1, -0.05) is 11.6 Å². The first-order valence-electron chi connectivity index (χ1n) is 5.56. The van der Waals surface area contributed by atoms with Crippen molar-refractivity contribution in [3.8, 4) is 0 Å². The highest BCUT2D eigenvalue weighted by molar-refractivity contribution is 7.51. The maximum absolute atomic E-state index is 11.7. The number of rotatable bonds is 7. The van der Waals surface area contributed by atoms with Crippen molar-refractivity contribution in [2.45, 2.75) is 6.42 Å². The number of carbonyl (C=O) groups is 2. The van der Waals surface area contributed by atoms with Gasteiger partial charge in [-0.25, -0.2) is 4.79 Å². The molecule has 0 radical (unpaired) electrons. The SMILES string of the molecule is O=CN(CCCP(=O)(O)O)OC(=O)c1ccc(Cl)cc1. The van der Waals surface area contributed by atoms with Crippen LogP contribution in [0.2, 0.25) is 5.02 Å². The maximum Gasteiger partial charge on any atom is 0.363 e. The van der Waals surface area contributed by atoms with Gasteiger partial charge in [-0.05, 0) is 30.7 Å². The lowest BCUT2D eigenvalue weighted by Gasteiger charge is -2.16. The summed E-state index contributed by atoms with van der Waals surface area (Å²) in [4.78, 5) is 44.5. The summed E-state index contributed by atoms with van der Waals surface area (Å²) < 4.78 is 10.6. The van der Waals surface area contributed by atoms with Crippen LogP contribution in [0.1, 0.15) is 16.8 Å². The average molecular weight is 322 g/mol. The molecule has 0 heterocycles. The molecule has 0 fully saturated rings. The van der Waals surface area contributed by atoms with Gasteiger partial charge in [0, 0.05) is 5.02 Å². The molecule has 0 aliphatic carbocycles. The minimum absolute atomic E-state index is 0.0108. The van der Waals surface area contributed by atoms with Crippen molar-refractivity contribution >= 4 is 31.6 Å². The summed E-state index contributed by atoms with van der Waals surface area (Å²) >= 11 is 5.67. The average Bonchev–Trinajstić information content (AvgIpc) is 2.36. The Bertz CT molecular complexity index is 514. The van der Waals surface area contributed by atoms with Gasteiger partial charge in [0.1, 0.15) is 0 Å². The second kappa shape index (κ2) is 7.40. The molecule has 20 heavy (non-hydrogen) atoms. The number of hydroxylamine groups is 2. The van der Waals surface area contributed by atoms with Gasteiger partial charge in [0.15, 0.2) is 0 Å². The monoisotopic (exact) mass is 321 g/mol. The quantitative estimate of drug-likeness (QED) is 0.447. The van der Waals surface area contributed by atoms with Crippen molar-refractivity contribution in [2.24, 2.45) is 0 Å². The molecule has 7 nitrogen and oxygen atoms in total. The van der Waals surface area contributed by atoms with Crippen LogP contribution in [0.3, 0.4) is 0 Å². The summed E-state index contributed by atoms with van der Waals surface area (Å²) in [5.41, 5.74) is 0.205. The number of benzene rings is 1. The number of carbonyl (C=O) groups excluding carboxylic acids is 2. The van der Waals surface area contributed by atoms with Gasteiger partial charge in [-0.15, -0.1) is 0 Å². The van der Waals surface area contributed by atoms with E-state index in [1.807, 2.05) is 0 Å². The van der Waals surface area contributed by atoms with E-state index in [0.29, 0.717) is 10.1 Å². The van der Waals surface area contributed by atoms with E-state index in [9.17, 15) is 14.2 Å². The molecule has 1 amide bonds. The van der Waals surface area contributed by atoms with Crippen LogP contribution in [-0.4, -0.2) is 39.9 Å². The number of hydrogen-bond donors (Lipinski definition) is 2. The topological polar surface area (TPSA) is 104 Å². The lowest BCUT2D eigenvalue weighted by molar-refractivity contribution is -0.152. The van der Waals surface area contributed by atoms with Crippen LogP contribution in [0.5, 0.6) is 0 Å². The van der Waals surface area contributed by atoms with Crippen molar-refractivity contribution < 1.29 is 28.8 Å². The van der Waals surface area contributed by atoms with Crippen molar-refractivity contribution in [1.82, 2.24) is 5.06 Å². The Balaban J connectivity index is 2.51. The molecular weight excluding hydrogens is 309 g/mol. The van der Waals surface area contributed by atoms with Crippen LogP contribution in [0, 0.1) is 0 Å². The first-order valence-corrected chi connectivity index (χ1v) is 7.74. The smallest absolute Gasteiger partial charge is 0.333 e. The Kier molecular flexibility index (Phi) is 6.16.